The molecule has 146 valence electrons. The first-order chi connectivity index (χ1) is 13.0. The first-order valence-corrected chi connectivity index (χ1v) is 8.00. The summed E-state index contributed by atoms with van der Waals surface area (Å²) in [4.78, 5) is 27.7. The normalized spacial score (nSPS) is 11.6. The van der Waals surface area contributed by atoms with Crippen LogP contribution < -0.4 is 5.32 Å². The van der Waals surface area contributed by atoms with Crippen LogP contribution in [0, 0.1) is 6.92 Å². The first-order valence-electron chi connectivity index (χ1n) is 7.62. The van der Waals surface area contributed by atoms with E-state index in [4.69, 9.17) is 16.7 Å². The molecule has 7 nitrogen and oxygen atoms in total. The van der Waals surface area contributed by atoms with Gasteiger partial charge in [-0.1, -0.05) is 11.6 Å². The lowest BCUT2D eigenvalue weighted by Crippen LogP contribution is -2.17. The number of benzene rings is 1. The molecule has 2 heterocycles. The van der Waals surface area contributed by atoms with E-state index in [-0.39, 0.29) is 27.7 Å². The number of halogens is 4. The Labute approximate surface area is 160 Å². The molecule has 0 spiro atoms. The fourth-order valence-corrected chi connectivity index (χ4v) is 2.87. The van der Waals surface area contributed by atoms with E-state index in [1.165, 1.54) is 13.0 Å². The molecular formula is C17H11ClF3N3O4. The van der Waals surface area contributed by atoms with E-state index in [0.29, 0.717) is 12.3 Å². The summed E-state index contributed by atoms with van der Waals surface area (Å²) in [5, 5.41) is 20.6. The number of rotatable bonds is 3. The number of fused-ring (bicyclic) bond motifs is 1. The van der Waals surface area contributed by atoms with Crippen molar-refractivity contribution in [1.29, 1.82) is 0 Å². The van der Waals surface area contributed by atoms with Crippen molar-refractivity contribution >= 4 is 34.8 Å². The van der Waals surface area contributed by atoms with Gasteiger partial charge in [-0.15, -0.1) is 0 Å². The van der Waals surface area contributed by atoms with E-state index < -0.39 is 34.9 Å². The van der Waals surface area contributed by atoms with E-state index in [9.17, 15) is 27.9 Å². The fraction of sp³-hybridized carbons (Fsp3) is 0.118. The smallest absolute Gasteiger partial charge is 0.417 e. The summed E-state index contributed by atoms with van der Waals surface area (Å²) >= 11 is 5.88. The Morgan fingerprint density at radius 1 is 1.25 bits per heavy atom. The van der Waals surface area contributed by atoms with Crippen LogP contribution in [0.25, 0.3) is 5.65 Å². The molecule has 3 aromatic rings. The fourth-order valence-electron chi connectivity index (χ4n) is 2.62. The second-order valence-corrected chi connectivity index (χ2v) is 6.21. The Bertz CT molecular complexity index is 1130. The summed E-state index contributed by atoms with van der Waals surface area (Å²) in [5.41, 5.74) is -1.60. The number of carboxylic acid groups (broad SMARTS) is 1. The summed E-state index contributed by atoms with van der Waals surface area (Å²) in [7, 11) is 0. The third-order valence-corrected chi connectivity index (χ3v) is 4.15. The number of amides is 1. The lowest BCUT2D eigenvalue weighted by Gasteiger charge is -2.11. The van der Waals surface area contributed by atoms with E-state index in [0.717, 1.165) is 16.5 Å². The molecule has 0 radical (unpaired) electrons. The molecule has 3 N–H and O–H groups in total. The Balaban J connectivity index is 2.07. The summed E-state index contributed by atoms with van der Waals surface area (Å²) in [6.07, 6.45) is -3.98. The summed E-state index contributed by atoms with van der Waals surface area (Å²) < 4.78 is 40.1. The van der Waals surface area contributed by atoms with E-state index in [1.54, 1.807) is 0 Å². The maximum absolute atomic E-state index is 13.1. The van der Waals surface area contributed by atoms with Crippen molar-refractivity contribution in [3.8, 4) is 5.75 Å². The molecule has 3 rings (SSSR count). The van der Waals surface area contributed by atoms with Gasteiger partial charge in [0.1, 0.15) is 17.0 Å². The number of anilines is 1. The second-order valence-electron chi connectivity index (χ2n) is 5.81. The number of carbonyl (C=O) groups excluding carboxylic acids is 1. The third-order valence-electron chi connectivity index (χ3n) is 3.88. The monoisotopic (exact) mass is 413 g/mol. The highest BCUT2D eigenvalue weighted by molar-refractivity contribution is 6.33. The van der Waals surface area contributed by atoms with Gasteiger partial charge in [0.2, 0.25) is 0 Å². The van der Waals surface area contributed by atoms with Gasteiger partial charge in [-0.2, -0.15) is 13.2 Å². The Morgan fingerprint density at radius 2 is 1.93 bits per heavy atom. The predicted octanol–water partition coefficient (Wildman–Crippen LogP) is 3.97. The maximum atomic E-state index is 13.1. The standard InChI is InChI=1S/C17H11ClF3N3O4/c1-7-13(15(26)23-9-2-3-12(25)10(5-9)16(27)28)24-6-8(17(19,20)21)4-11(18)14(24)22-7/h2-6,25H,1H3,(H,23,26)(H,27,28). The first kappa shape index (κ1) is 19.5. The largest absolute Gasteiger partial charge is 0.507 e. The Hall–Kier alpha value is -3.27. The number of alkyl halides is 3. The number of phenols is 1. The molecule has 1 amide bonds. The minimum Gasteiger partial charge on any atom is -0.507 e. The molecule has 1 aromatic carbocycles. The molecule has 0 unspecified atom stereocenters. The van der Waals surface area contributed by atoms with Crippen LogP contribution in [0.2, 0.25) is 5.02 Å². The van der Waals surface area contributed by atoms with Gasteiger partial charge < -0.3 is 15.5 Å². The molecule has 28 heavy (non-hydrogen) atoms. The van der Waals surface area contributed by atoms with Crippen LogP contribution >= 0.6 is 11.6 Å². The third kappa shape index (κ3) is 3.46. The predicted molar refractivity (Wildman–Crippen MR) is 93.0 cm³/mol. The van der Waals surface area contributed by atoms with Crippen LogP contribution in [-0.2, 0) is 6.18 Å². The van der Waals surface area contributed by atoms with Crippen LogP contribution in [0.4, 0.5) is 18.9 Å². The number of carboxylic acids is 1. The minimum atomic E-state index is -4.68. The summed E-state index contributed by atoms with van der Waals surface area (Å²) in [6, 6.07) is 4.04. The van der Waals surface area contributed by atoms with Gasteiger partial charge >= 0.3 is 12.1 Å². The zero-order chi connectivity index (χ0) is 20.8. The Morgan fingerprint density at radius 3 is 2.54 bits per heavy atom. The van der Waals surface area contributed by atoms with Crippen molar-refractivity contribution in [1.82, 2.24) is 9.38 Å². The van der Waals surface area contributed by atoms with Crippen molar-refractivity contribution in [3.63, 3.8) is 0 Å². The van der Waals surface area contributed by atoms with Crippen molar-refractivity contribution in [2.24, 2.45) is 0 Å². The molecule has 0 aliphatic heterocycles. The molecule has 0 saturated carbocycles. The van der Waals surface area contributed by atoms with Crippen LogP contribution in [-0.4, -0.2) is 31.5 Å². The highest BCUT2D eigenvalue weighted by Crippen LogP contribution is 2.33. The number of pyridine rings is 1. The molecule has 0 aliphatic rings. The molecule has 0 bridgehead atoms. The average Bonchev–Trinajstić information content (AvgIpc) is 2.92. The number of nitrogens with one attached hydrogen (secondary N) is 1. The molecule has 0 fully saturated rings. The van der Waals surface area contributed by atoms with Gasteiger partial charge in [0, 0.05) is 11.9 Å². The SMILES string of the molecule is Cc1nc2c(Cl)cc(C(F)(F)F)cn2c1C(=O)Nc1ccc(O)c(C(=O)O)c1. The minimum absolute atomic E-state index is 0.0209. The number of aromatic carboxylic acids is 1. The van der Waals surface area contributed by atoms with Crippen molar-refractivity contribution < 1.29 is 33.0 Å². The van der Waals surface area contributed by atoms with Gasteiger partial charge in [-0.3, -0.25) is 9.20 Å². The summed E-state index contributed by atoms with van der Waals surface area (Å²) in [6.45, 7) is 1.42. The molecule has 0 saturated heterocycles. The van der Waals surface area contributed by atoms with Crippen LogP contribution in [0.1, 0.15) is 32.1 Å². The van der Waals surface area contributed by atoms with E-state index in [2.05, 4.69) is 10.3 Å². The van der Waals surface area contributed by atoms with Gasteiger partial charge in [-0.05, 0) is 31.2 Å². The van der Waals surface area contributed by atoms with Gasteiger partial charge in [0.05, 0.1) is 16.3 Å². The molecule has 2 aromatic heterocycles. The van der Waals surface area contributed by atoms with Crippen LogP contribution in [0.5, 0.6) is 5.75 Å². The zero-order valence-corrected chi connectivity index (χ0v) is 14.8. The second kappa shape index (κ2) is 6.71. The van der Waals surface area contributed by atoms with E-state index >= 15 is 0 Å². The maximum Gasteiger partial charge on any atom is 0.417 e. The highest BCUT2D eigenvalue weighted by atomic mass is 35.5. The summed E-state index contributed by atoms with van der Waals surface area (Å²) in [5.74, 6) is -2.75. The van der Waals surface area contributed by atoms with E-state index in [1.807, 2.05) is 0 Å². The van der Waals surface area contributed by atoms with Crippen LogP contribution in [0.15, 0.2) is 30.5 Å². The topological polar surface area (TPSA) is 104 Å². The van der Waals surface area contributed by atoms with Crippen molar-refractivity contribution in [3.05, 3.63) is 58.0 Å². The average molecular weight is 414 g/mol. The number of aromatic nitrogens is 2. The number of aromatic hydroxyl groups is 1. The molecule has 0 aliphatic carbocycles. The molecule has 0 atom stereocenters. The zero-order valence-electron chi connectivity index (χ0n) is 14.0. The van der Waals surface area contributed by atoms with Gasteiger partial charge in [0.25, 0.3) is 5.91 Å². The molecular weight excluding hydrogens is 403 g/mol. The van der Waals surface area contributed by atoms with Crippen LogP contribution in [0.3, 0.4) is 0 Å². The lowest BCUT2D eigenvalue weighted by molar-refractivity contribution is -0.137. The number of carbonyl (C=O) groups is 2. The Kier molecular flexibility index (Phi) is 4.67. The molecule has 11 heteroatoms. The quantitative estimate of drug-likeness (QED) is 0.564. The van der Waals surface area contributed by atoms with Gasteiger partial charge in [0.15, 0.2) is 5.65 Å². The number of hydrogen-bond acceptors (Lipinski definition) is 4. The van der Waals surface area contributed by atoms with Crippen molar-refractivity contribution in [2.75, 3.05) is 5.32 Å². The number of hydrogen-bond donors (Lipinski definition) is 3. The van der Waals surface area contributed by atoms with Gasteiger partial charge in [-0.25, -0.2) is 9.78 Å². The van der Waals surface area contributed by atoms with Crippen molar-refractivity contribution in [2.45, 2.75) is 13.1 Å². The number of imidazole rings is 1. The lowest BCUT2D eigenvalue weighted by atomic mass is 10.1. The number of nitrogens with zero attached hydrogens (tertiary/aromatic N) is 2. The number of aryl methyl sites for hydroxylation is 1. The highest BCUT2D eigenvalue weighted by Gasteiger charge is 2.33.